The Balaban J connectivity index is 2.57. The fourth-order valence-electron chi connectivity index (χ4n) is 1.54. The average molecular weight is 178 g/mol. The average Bonchev–Trinajstić information content (AvgIpc) is 2.10. The normalized spacial score (nSPS) is 23.0. The number of hydrogen-bond acceptors (Lipinski definition) is 2. The maximum absolute atomic E-state index is 10.7. The zero-order valence-electron chi connectivity index (χ0n) is 6.49. The van der Waals surface area contributed by atoms with Crippen molar-refractivity contribution in [2.75, 3.05) is 0 Å². The van der Waals surface area contributed by atoms with Gasteiger partial charge in [0.25, 0.3) is 10.1 Å². The lowest BCUT2D eigenvalue weighted by Gasteiger charge is -2.08. The van der Waals surface area contributed by atoms with Crippen LogP contribution in [0.15, 0.2) is 0 Å². The van der Waals surface area contributed by atoms with Gasteiger partial charge in [-0.1, -0.05) is 25.7 Å². The van der Waals surface area contributed by atoms with Gasteiger partial charge in [0.1, 0.15) is 0 Å². The largest absolute Gasteiger partial charge is 0.285 e. The van der Waals surface area contributed by atoms with E-state index < -0.39 is 15.4 Å². The molecule has 1 aliphatic rings. The zero-order chi connectivity index (χ0) is 8.32. The van der Waals surface area contributed by atoms with Crippen molar-refractivity contribution >= 4 is 10.1 Å². The fourth-order valence-corrected chi connectivity index (χ4v) is 2.47. The van der Waals surface area contributed by atoms with Gasteiger partial charge in [-0.25, -0.2) is 0 Å². The molecule has 11 heavy (non-hydrogen) atoms. The second-order valence-electron chi connectivity index (χ2n) is 3.13. The van der Waals surface area contributed by atoms with Gasteiger partial charge >= 0.3 is 0 Å². The first-order valence-corrected chi connectivity index (χ1v) is 5.57. The van der Waals surface area contributed by atoms with E-state index in [-0.39, 0.29) is 0 Å². The summed E-state index contributed by atoms with van der Waals surface area (Å²) in [6, 6.07) is 0. The molecule has 0 unspecified atom stereocenters. The van der Waals surface area contributed by atoms with Crippen LogP contribution in [0.3, 0.4) is 0 Å². The van der Waals surface area contributed by atoms with Crippen molar-refractivity contribution in [3.05, 3.63) is 0 Å². The highest BCUT2D eigenvalue weighted by Crippen LogP contribution is 2.21. The van der Waals surface area contributed by atoms with Gasteiger partial charge in [0.15, 0.2) is 0 Å². The first-order valence-electron chi connectivity index (χ1n) is 4.07. The Kier molecular flexibility index (Phi) is 2.90. The molecular weight excluding hydrogens is 164 g/mol. The molecule has 0 aromatic rings. The lowest BCUT2D eigenvalue weighted by molar-refractivity contribution is 0.457. The minimum atomic E-state index is -3.75. The van der Waals surface area contributed by atoms with Crippen LogP contribution in [0.25, 0.3) is 0 Å². The van der Waals surface area contributed by atoms with Gasteiger partial charge in [-0.3, -0.25) is 4.55 Å². The van der Waals surface area contributed by atoms with Gasteiger partial charge in [-0.2, -0.15) is 8.42 Å². The Hall–Kier alpha value is -0.0900. The first-order chi connectivity index (χ1) is 5.11. The fraction of sp³-hybridized carbons (Fsp3) is 1.00. The molecule has 0 amide bonds. The molecule has 0 bridgehead atoms. The lowest BCUT2D eigenvalue weighted by Crippen LogP contribution is -2.19. The van der Waals surface area contributed by atoms with Gasteiger partial charge in [0.2, 0.25) is 0 Å². The summed E-state index contributed by atoms with van der Waals surface area (Å²) in [5, 5.41) is -0.481. The lowest BCUT2D eigenvalue weighted by atomic mass is 10.2. The van der Waals surface area contributed by atoms with Crippen LogP contribution in [0.2, 0.25) is 0 Å². The highest BCUT2D eigenvalue weighted by molar-refractivity contribution is 7.86. The van der Waals surface area contributed by atoms with E-state index in [9.17, 15) is 8.42 Å². The summed E-state index contributed by atoms with van der Waals surface area (Å²) in [6.07, 6.45) is 5.35. The zero-order valence-corrected chi connectivity index (χ0v) is 7.31. The molecule has 1 fully saturated rings. The molecule has 0 spiro atoms. The molecule has 1 N–H and O–H groups in total. The summed E-state index contributed by atoms with van der Waals surface area (Å²) >= 11 is 0. The van der Waals surface area contributed by atoms with E-state index >= 15 is 0 Å². The molecule has 3 nitrogen and oxygen atoms in total. The molecule has 0 aromatic heterocycles. The predicted octanol–water partition coefficient (Wildman–Crippen LogP) is 1.60. The van der Waals surface area contributed by atoms with E-state index in [0.717, 1.165) is 25.7 Å². The summed E-state index contributed by atoms with van der Waals surface area (Å²) in [6.45, 7) is 0. The SMILES string of the molecule is O=S(=O)(O)C1CCCCCC1. The van der Waals surface area contributed by atoms with Crippen LogP contribution in [-0.4, -0.2) is 18.2 Å². The van der Waals surface area contributed by atoms with Crippen molar-refractivity contribution in [2.45, 2.75) is 43.8 Å². The van der Waals surface area contributed by atoms with Crippen molar-refractivity contribution in [2.24, 2.45) is 0 Å². The molecule has 0 aliphatic heterocycles. The summed E-state index contributed by atoms with van der Waals surface area (Å²) < 4.78 is 30.1. The second kappa shape index (κ2) is 3.54. The quantitative estimate of drug-likeness (QED) is 0.490. The summed E-state index contributed by atoms with van der Waals surface area (Å²) in [5.74, 6) is 0. The van der Waals surface area contributed by atoms with E-state index in [2.05, 4.69) is 0 Å². The maximum atomic E-state index is 10.7. The van der Waals surface area contributed by atoms with Crippen molar-refractivity contribution < 1.29 is 13.0 Å². The third-order valence-electron chi connectivity index (χ3n) is 2.22. The van der Waals surface area contributed by atoms with E-state index in [1.54, 1.807) is 0 Å². The van der Waals surface area contributed by atoms with Crippen LogP contribution < -0.4 is 0 Å². The van der Waals surface area contributed by atoms with Gasteiger partial charge < -0.3 is 0 Å². The summed E-state index contributed by atoms with van der Waals surface area (Å²) in [4.78, 5) is 0. The van der Waals surface area contributed by atoms with Crippen LogP contribution in [0, 0.1) is 0 Å². The van der Waals surface area contributed by atoms with Crippen LogP contribution in [-0.2, 0) is 10.1 Å². The smallest absolute Gasteiger partial charge is 0.267 e. The van der Waals surface area contributed by atoms with E-state index in [1.165, 1.54) is 0 Å². The number of hydrogen-bond donors (Lipinski definition) is 1. The minimum absolute atomic E-state index is 0.481. The molecular formula is C7H14O3S. The van der Waals surface area contributed by atoms with Crippen LogP contribution >= 0.6 is 0 Å². The predicted molar refractivity (Wildman–Crippen MR) is 43.0 cm³/mol. The van der Waals surface area contributed by atoms with Gasteiger partial charge in [-0.15, -0.1) is 0 Å². The third-order valence-corrected chi connectivity index (χ3v) is 3.54. The summed E-state index contributed by atoms with van der Waals surface area (Å²) in [5.41, 5.74) is 0. The van der Waals surface area contributed by atoms with Crippen molar-refractivity contribution in [1.29, 1.82) is 0 Å². The van der Waals surface area contributed by atoms with Gasteiger partial charge in [0, 0.05) is 0 Å². The van der Waals surface area contributed by atoms with Crippen LogP contribution in [0.5, 0.6) is 0 Å². The standard InChI is InChI=1S/C7H14O3S/c8-11(9,10)7-5-3-1-2-4-6-7/h7H,1-6H2,(H,8,9,10). The van der Waals surface area contributed by atoms with E-state index in [4.69, 9.17) is 4.55 Å². The molecule has 4 heteroatoms. The monoisotopic (exact) mass is 178 g/mol. The van der Waals surface area contributed by atoms with Gasteiger partial charge in [-0.05, 0) is 12.8 Å². The Morgan fingerprint density at radius 2 is 1.45 bits per heavy atom. The second-order valence-corrected chi connectivity index (χ2v) is 4.83. The topological polar surface area (TPSA) is 54.4 Å². The van der Waals surface area contributed by atoms with E-state index in [0.29, 0.717) is 12.8 Å². The molecule has 0 radical (unpaired) electrons. The molecule has 0 saturated heterocycles. The summed E-state index contributed by atoms with van der Waals surface area (Å²) in [7, 11) is -3.75. The van der Waals surface area contributed by atoms with Crippen molar-refractivity contribution in [3.63, 3.8) is 0 Å². The Labute approximate surface area is 67.6 Å². The molecule has 1 aliphatic carbocycles. The van der Waals surface area contributed by atoms with Crippen molar-refractivity contribution in [1.82, 2.24) is 0 Å². The highest BCUT2D eigenvalue weighted by atomic mass is 32.2. The third kappa shape index (κ3) is 2.79. The first kappa shape index (κ1) is 9.00. The molecule has 66 valence electrons. The molecule has 0 atom stereocenters. The minimum Gasteiger partial charge on any atom is -0.285 e. The Morgan fingerprint density at radius 1 is 1.00 bits per heavy atom. The van der Waals surface area contributed by atoms with Crippen LogP contribution in [0.4, 0.5) is 0 Å². The molecule has 1 saturated carbocycles. The van der Waals surface area contributed by atoms with Crippen molar-refractivity contribution in [3.8, 4) is 0 Å². The van der Waals surface area contributed by atoms with Gasteiger partial charge in [0.05, 0.1) is 5.25 Å². The van der Waals surface area contributed by atoms with E-state index in [1.807, 2.05) is 0 Å². The maximum Gasteiger partial charge on any atom is 0.267 e. The number of rotatable bonds is 1. The highest BCUT2D eigenvalue weighted by Gasteiger charge is 2.23. The molecule has 1 rings (SSSR count). The van der Waals surface area contributed by atoms with Crippen LogP contribution in [0.1, 0.15) is 38.5 Å². The molecule has 0 heterocycles. The molecule has 0 aromatic carbocycles. The Bertz CT molecular complexity index is 200. The Morgan fingerprint density at radius 3 is 1.82 bits per heavy atom.